The SMILES string of the molecule is CN(C)C(C(=O)NCC(C)(C)CO)c1ccc(F)cc1. The second-order valence-electron chi connectivity index (χ2n) is 5.96. The van der Waals surface area contributed by atoms with Crippen LogP contribution in [0.4, 0.5) is 4.39 Å². The van der Waals surface area contributed by atoms with Gasteiger partial charge in [-0.15, -0.1) is 0 Å². The summed E-state index contributed by atoms with van der Waals surface area (Å²) in [6, 6.07) is 5.42. The van der Waals surface area contributed by atoms with Crippen LogP contribution in [-0.4, -0.2) is 43.2 Å². The van der Waals surface area contributed by atoms with E-state index >= 15 is 0 Å². The monoisotopic (exact) mass is 282 g/mol. The number of rotatable bonds is 6. The van der Waals surface area contributed by atoms with E-state index in [-0.39, 0.29) is 23.7 Å². The standard InChI is InChI=1S/C15H23FN2O2/c1-15(2,10-19)9-17-14(20)13(18(3)4)11-5-7-12(16)8-6-11/h5-8,13,19H,9-10H2,1-4H3,(H,17,20). The second kappa shape index (κ2) is 6.81. The zero-order valence-corrected chi connectivity index (χ0v) is 12.5. The maximum Gasteiger partial charge on any atom is 0.241 e. The number of amides is 1. The van der Waals surface area contributed by atoms with Crippen molar-refractivity contribution < 1.29 is 14.3 Å². The third-order valence-corrected chi connectivity index (χ3v) is 3.12. The summed E-state index contributed by atoms with van der Waals surface area (Å²) in [6.45, 7) is 4.12. The first-order valence-electron chi connectivity index (χ1n) is 6.57. The minimum absolute atomic E-state index is 0.00351. The molecular formula is C15H23FN2O2. The number of nitrogens with one attached hydrogen (secondary N) is 1. The average molecular weight is 282 g/mol. The van der Waals surface area contributed by atoms with Crippen molar-refractivity contribution in [3.05, 3.63) is 35.6 Å². The topological polar surface area (TPSA) is 52.6 Å². The molecule has 0 aliphatic carbocycles. The number of benzene rings is 1. The number of hydrogen-bond donors (Lipinski definition) is 2. The molecule has 1 aromatic carbocycles. The fraction of sp³-hybridized carbons (Fsp3) is 0.533. The lowest BCUT2D eigenvalue weighted by Gasteiger charge is -2.27. The van der Waals surface area contributed by atoms with Gasteiger partial charge in [0.25, 0.3) is 0 Å². The average Bonchev–Trinajstić information content (AvgIpc) is 2.39. The Morgan fingerprint density at radius 2 is 1.90 bits per heavy atom. The minimum atomic E-state index is -0.481. The highest BCUT2D eigenvalue weighted by atomic mass is 19.1. The van der Waals surface area contributed by atoms with Gasteiger partial charge in [-0.25, -0.2) is 4.39 Å². The maximum atomic E-state index is 13.0. The zero-order chi connectivity index (χ0) is 15.3. The number of halogens is 1. The minimum Gasteiger partial charge on any atom is -0.396 e. The number of likely N-dealkylation sites (N-methyl/N-ethyl adjacent to an activating group) is 1. The van der Waals surface area contributed by atoms with Crippen LogP contribution in [0.15, 0.2) is 24.3 Å². The molecule has 0 spiro atoms. The van der Waals surface area contributed by atoms with Gasteiger partial charge in [-0.1, -0.05) is 26.0 Å². The fourth-order valence-corrected chi connectivity index (χ4v) is 1.81. The molecule has 0 heterocycles. The van der Waals surface area contributed by atoms with E-state index in [9.17, 15) is 14.3 Å². The van der Waals surface area contributed by atoms with Gasteiger partial charge in [0, 0.05) is 18.6 Å². The van der Waals surface area contributed by atoms with Gasteiger partial charge >= 0.3 is 0 Å². The lowest BCUT2D eigenvalue weighted by molar-refractivity contribution is -0.126. The predicted octanol–water partition coefficient (Wildman–Crippen LogP) is 1.56. The van der Waals surface area contributed by atoms with Crippen molar-refractivity contribution in [1.29, 1.82) is 0 Å². The molecule has 0 aliphatic rings. The van der Waals surface area contributed by atoms with Crippen LogP contribution in [0.3, 0.4) is 0 Å². The summed E-state index contributed by atoms with van der Waals surface area (Å²) in [7, 11) is 3.59. The van der Waals surface area contributed by atoms with Gasteiger partial charge in [-0.05, 0) is 31.8 Å². The fourth-order valence-electron chi connectivity index (χ4n) is 1.81. The van der Waals surface area contributed by atoms with Gasteiger partial charge in [-0.2, -0.15) is 0 Å². The molecule has 20 heavy (non-hydrogen) atoms. The molecule has 112 valence electrons. The molecule has 1 rings (SSSR count). The predicted molar refractivity (Wildman–Crippen MR) is 76.7 cm³/mol. The highest BCUT2D eigenvalue weighted by Crippen LogP contribution is 2.20. The Labute approximate surface area is 119 Å². The number of nitrogens with zero attached hydrogens (tertiary/aromatic N) is 1. The number of aliphatic hydroxyl groups is 1. The normalized spacial score (nSPS) is 13.3. The Morgan fingerprint density at radius 1 is 1.35 bits per heavy atom. The number of carbonyl (C=O) groups is 1. The first kappa shape index (κ1) is 16.6. The van der Waals surface area contributed by atoms with Gasteiger partial charge in [0.2, 0.25) is 5.91 Å². The molecule has 0 aromatic heterocycles. The Balaban J connectivity index is 2.81. The molecule has 0 saturated heterocycles. The highest BCUT2D eigenvalue weighted by Gasteiger charge is 2.25. The van der Waals surface area contributed by atoms with E-state index in [2.05, 4.69) is 5.32 Å². The van der Waals surface area contributed by atoms with Crippen LogP contribution in [-0.2, 0) is 4.79 Å². The zero-order valence-electron chi connectivity index (χ0n) is 12.5. The van der Waals surface area contributed by atoms with Crippen LogP contribution in [0.5, 0.6) is 0 Å². The molecule has 0 aliphatic heterocycles. The molecule has 1 atom stereocenters. The Morgan fingerprint density at radius 3 is 2.35 bits per heavy atom. The van der Waals surface area contributed by atoms with Crippen molar-refractivity contribution in [2.75, 3.05) is 27.2 Å². The maximum absolute atomic E-state index is 13.0. The largest absolute Gasteiger partial charge is 0.396 e. The molecule has 1 aromatic rings. The van der Waals surface area contributed by atoms with Crippen LogP contribution in [0.2, 0.25) is 0 Å². The molecule has 0 saturated carbocycles. The number of carbonyl (C=O) groups excluding carboxylic acids is 1. The molecular weight excluding hydrogens is 259 g/mol. The third kappa shape index (κ3) is 4.58. The Kier molecular flexibility index (Phi) is 5.65. The molecule has 0 fully saturated rings. The first-order chi connectivity index (χ1) is 9.26. The summed E-state index contributed by atoms with van der Waals surface area (Å²) in [5.74, 6) is -0.490. The second-order valence-corrected chi connectivity index (χ2v) is 5.96. The van der Waals surface area contributed by atoms with Crippen molar-refractivity contribution in [2.45, 2.75) is 19.9 Å². The third-order valence-electron chi connectivity index (χ3n) is 3.12. The molecule has 0 bridgehead atoms. The van der Waals surface area contributed by atoms with Gasteiger partial charge in [0.15, 0.2) is 0 Å². The number of aliphatic hydroxyl groups excluding tert-OH is 1. The van der Waals surface area contributed by atoms with Gasteiger partial charge < -0.3 is 10.4 Å². The molecule has 1 unspecified atom stereocenters. The van der Waals surface area contributed by atoms with E-state index in [1.54, 1.807) is 31.1 Å². The highest BCUT2D eigenvalue weighted by molar-refractivity contribution is 5.83. The van der Waals surface area contributed by atoms with Gasteiger partial charge in [-0.3, -0.25) is 9.69 Å². The Bertz CT molecular complexity index is 444. The molecule has 4 nitrogen and oxygen atoms in total. The van der Waals surface area contributed by atoms with E-state index in [4.69, 9.17) is 0 Å². The summed E-state index contributed by atoms with van der Waals surface area (Å²) in [6.07, 6.45) is 0. The lowest BCUT2D eigenvalue weighted by atomic mass is 9.94. The van der Waals surface area contributed by atoms with E-state index in [0.717, 1.165) is 5.56 Å². The van der Waals surface area contributed by atoms with Crippen LogP contribution in [0, 0.1) is 11.2 Å². The van der Waals surface area contributed by atoms with Crippen molar-refractivity contribution in [3.63, 3.8) is 0 Å². The van der Waals surface area contributed by atoms with E-state index in [0.29, 0.717) is 6.54 Å². The van der Waals surface area contributed by atoms with Gasteiger partial charge in [0.1, 0.15) is 11.9 Å². The smallest absolute Gasteiger partial charge is 0.241 e. The van der Waals surface area contributed by atoms with E-state index in [1.807, 2.05) is 13.8 Å². The molecule has 2 N–H and O–H groups in total. The van der Waals surface area contributed by atoms with Gasteiger partial charge in [0.05, 0.1) is 0 Å². The Hall–Kier alpha value is -1.46. The summed E-state index contributed by atoms with van der Waals surface area (Å²) in [5, 5.41) is 12.0. The van der Waals surface area contributed by atoms with Crippen LogP contribution >= 0.6 is 0 Å². The van der Waals surface area contributed by atoms with Crippen molar-refractivity contribution >= 4 is 5.91 Å². The van der Waals surface area contributed by atoms with E-state index < -0.39 is 6.04 Å². The van der Waals surface area contributed by atoms with Crippen molar-refractivity contribution in [1.82, 2.24) is 10.2 Å². The lowest BCUT2D eigenvalue weighted by Crippen LogP contribution is -2.42. The summed E-state index contributed by atoms with van der Waals surface area (Å²) in [5.41, 5.74) is 0.366. The molecule has 1 amide bonds. The first-order valence-corrected chi connectivity index (χ1v) is 6.57. The van der Waals surface area contributed by atoms with Crippen molar-refractivity contribution in [2.24, 2.45) is 5.41 Å². The van der Waals surface area contributed by atoms with Crippen molar-refractivity contribution in [3.8, 4) is 0 Å². The van der Waals surface area contributed by atoms with Crippen LogP contribution < -0.4 is 5.32 Å². The summed E-state index contributed by atoms with van der Waals surface area (Å²) < 4.78 is 13.0. The van der Waals surface area contributed by atoms with E-state index in [1.165, 1.54) is 12.1 Å². The summed E-state index contributed by atoms with van der Waals surface area (Å²) >= 11 is 0. The molecule has 0 radical (unpaired) electrons. The van der Waals surface area contributed by atoms with Crippen LogP contribution in [0.25, 0.3) is 0 Å². The molecule has 5 heteroatoms. The quantitative estimate of drug-likeness (QED) is 0.832. The van der Waals surface area contributed by atoms with Crippen LogP contribution in [0.1, 0.15) is 25.5 Å². The summed E-state index contributed by atoms with van der Waals surface area (Å²) in [4.78, 5) is 14.1. The number of hydrogen-bond acceptors (Lipinski definition) is 3.